The molecule has 1 aromatic rings. The summed E-state index contributed by atoms with van der Waals surface area (Å²) in [5.41, 5.74) is 0.915. The predicted molar refractivity (Wildman–Crippen MR) is 71.4 cm³/mol. The molecule has 1 saturated carbocycles. The number of halogens is 1. The maximum absolute atomic E-state index is 12.5. The first-order chi connectivity index (χ1) is 8.18. The van der Waals surface area contributed by atoms with E-state index in [4.69, 9.17) is 11.6 Å². The zero-order valence-corrected chi connectivity index (χ0v) is 11.1. The molecule has 1 aliphatic rings. The summed E-state index contributed by atoms with van der Waals surface area (Å²) in [4.78, 5) is 12.5. The van der Waals surface area contributed by atoms with Crippen molar-refractivity contribution in [2.75, 3.05) is 0 Å². The molecule has 92 valence electrons. The smallest absolute Gasteiger partial charge is 0.143 e. The van der Waals surface area contributed by atoms with Gasteiger partial charge in [-0.05, 0) is 30.9 Å². The number of Topliss-reactive ketones (excluding diaryl/α,β-unsaturated/α-hetero) is 1. The Bertz CT molecular complexity index is 405. The molecule has 0 atom stereocenters. The van der Waals surface area contributed by atoms with E-state index < -0.39 is 0 Å². The number of rotatable bonds is 4. The van der Waals surface area contributed by atoms with E-state index in [0.717, 1.165) is 24.8 Å². The third-order valence-electron chi connectivity index (χ3n) is 4.14. The van der Waals surface area contributed by atoms with E-state index in [0.29, 0.717) is 17.2 Å². The Morgan fingerprint density at radius 1 is 1.29 bits per heavy atom. The van der Waals surface area contributed by atoms with E-state index in [2.05, 4.69) is 6.92 Å². The van der Waals surface area contributed by atoms with Gasteiger partial charge < -0.3 is 0 Å². The first kappa shape index (κ1) is 12.6. The summed E-state index contributed by atoms with van der Waals surface area (Å²) in [6.07, 6.45) is 5.98. The van der Waals surface area contributed by atoms with Crippen LogP contribution in [-0.2, 0) is 11.2 Å². The first-order valence-electron chi connectivity index (χ1n) is 6.45. The SMILES string of the molecule is CCC1(C(=O)Cc2ccccc2Cl)CCCC1. The van der Waals surface area contributed by atoms with Crippen LogP contribution in [0.15, 0.2) is 24.3 Å². The van der Waals surface area contributed by atoms with Gasteiger partial charge in [-0.2, -0.15) is 0 Å². The molecule has 2 heteroatoms. The van der Waals surface area contributed by atoms with Gasteiger partial charge in [-0.25, -0.2) is 0 Å². The monoisotopic (exact) mass is 250 g/mol. The maximum Gasteiger partial charge on any atom is 0.143 e. The minimum Gasteiger partial charge on any atom is -0.299 e. The van der Waals surface area contributed by atoms with E-state index >= 15 is 0 Å². The highest BCUT2D eigenvalue weighted by Gasteiger charge is 2.38. The van der Waals surface area contributed by atoms with E-state index in [9.17, 15) is 4.79 Å². The summed E-state index contributed by atoms with van der Waals surface area (Å²) in [7, 11) is 0. The van der Waals surface area contributed by atoms with Gasteiger partial charge in [0.1, 0.15) is 5.78 Å². The molecule has 0 spiro atoms. The van der Waals surface area contributed by atoms with Gasteiger partial charge in [0.05, 0.1) is 0 Å². The van der Waals surface area contributed by atoms with Gasteiger partial charge in [0.25, 0.3) is 0 Å². The van der Waals surface area contributed by atoms with E-state index in [-0.39, 0.29) is 5.41 Å². The summed E-state index contributed by atoms with van der Waals surface area (Å²) in [6.45, 7) is 2.13. The van der Waals surface area contributed by atoms with E-state index in [1.54, 1.807) is 0 Å². The Labute approximate surface area is 108 Å². The second-order valence-electron chi connectivity index (χ2n) is 5.03. The first-order valence-corrected chi connectivity index (χ1v) is 6.82. The van der Waals surface area contributed by atoms with Crippen molar-refractivity contribution >= 4 is 17.4 Å². The van der Waals surface area contributed by atoms with Crippen molar-refractivity contribution in [1.29, 1.82) is 0 Å². The lowest BCUT2D eigenvalue weighted by molar-refractivity contribution is -0.128. The molecule has 0 saturated heterocycles. The van der Waals surface area contributed by atoms with Gasteiger partial charge >= 0.3 is 0 Å². The molecule has 1 nitrogen and oxygen atoms in total. The fourth-order valence-electron chi connectivity index (χ4n) is 2.88. The third-order valence-corrected chi connectivity index (χ3v) is 4.51. The minimum atomic E-state index is -0.0564. The van der Waals surface area contributed by atoms with Crippen LogP contribution < -0.4 is 0 Å². The average molecular weight is 251 g/mol. The number of benzene rings is 1. The summed E-state index contributed by atoms with van der Waals surface area (Å²) >= 11 is 6.11. The number of ketones is 1. The maximum atomic E-state index is 12.5. The van der Waals surface area contributed by atoms with Gasteiger partial charge in [-0.1, -0.05) is 49.6 Å². The van der Waals surface area contributed by atoms with Crippen LogP contribution in [0.1, 0.15) is 44.6 Å². The molecule has 0 heterocycles. The molecule has 0 bridgehead atoms. The standard InChI is InChI=1S/C15H19ClO/c1-2-15(9-5-6-10-15)14(17)11-12-7-3-4-8-13(12)16/h3-4,7-8H,2,5-6,9-11H2,1H3. The molecule has 17 heavy (non-hydrogen) atoms. The van der Waals surface area contributed by atoms with E-state index in [1.807, 2.05) is 24.3 Å². The molecule has 0 aromatic heterocycles. The van der Waals surface area contributed by atoms with Crippen LogP contribution in [0, 0.1) is 5.41 Å². The normalized spacial score (nSPS) is 18.2. The Hall–Kier alpha value is -0.820. The van der Waals surface area contributed by atoms with Gasteiger partial charge in [0.2, 0.25) is 0 Å². The van der Waals surface area contributed by atoms with Crippen LogP contribution in [0.4, 0.5) is 0 Å². The second kappa shape index (κ2) is 5.22. The van der Waals surface area contributed by atoms with Gasteiger partial charge in [-0.3, -0.25) is 4.79 Å². The largest absolute Gasteiger partial charge is 0.299 e. The zero-order chi connectivity index (χ0) is 12.3. The summed E-state index contributed by atoms with van der Waals surface area (Å²) in [5.74, 6) is 0.380. The number of hydrogen-bond acceptors (Lipinski definition) is 1. The van der Waals surface area contributed by atoms with Crippen LogP contribution in [0.5, 0.6) is 0 Å². The third kappa shape index (κ3) is 2.55. The fourth-order valence-corrected chi connectivity index (χ4v) is 3.09. The molecule has 0 N–H and O–H groups in total. The minimum absolute atomic E-state index is 0.0564. The van der Waals surface area contributed by atoms with Crippen molar-refractivity contribution in [2.45, 2.75) is 45.4 Å². The van der Waals surface area contributed by atoms with Gasteiger partial charge in [-0.15, -0.1) is 0 Å². The lowest BCUT2D eigenvalue weighted by Gasteiger charge is -2.25. The van der Waals surface area contributed by atoms with Crippen molar-refractivity contribution in [1.82, 2.24) is 0 Å². The molecule has 0 radical (unpaired) electrons. The molecule has 1 fully saturated rings. The highest BCUT2D eigenvalue weighted by atomic mass is 35.5. The molecule has 1 aliphatic carbocycles. The molecule has 0 amide bonds. The molecular formula is C15H19ClO. The number of carbonyl (C=O) groups excluding carboxylic acids is 1. The molecule has 0 unspecified atom stereocenters. The average Bonchev–Trinajstić information content (AvgIpc) is 2.82. The fraction of sp³-hybridized carbons (Fsp3) is 0.533. The van der Waals surface area contributed by atoms with Crippen LogP contribution in [0.25, 0.3) is 0 Å². The number of carbonyl (C=O) groups is 1. The zero-order valence-electron chi connectivity index (χ0n) is 10.3. The molecule has 1 aromatic carbocycles. The molecular weight excluding hydrogens is 232 g/mol. The summed E-state index contributed by atoms with van der Waals surface area (Å²) < 4.78 is 0. The van der Waals surface area contributed by atoms with Crippen LogP contribution in [0.3, 0.4) is 0 Å². The Morgan fingerprint density at radius 3 is 2.53 bits per heavy atom. The topological polar surface area (TPSA) is 17.1 Å². The number of hydrogen-bond donors (Lipinski definition) is 0. The molecule has 2 rings (SSSR count). The summed E-state index contributed by atoms with van der Waals surface area (Å²) in [6, 6.07) is 7.67. The highest BCUT2D eigenvalue weighted by molar-refractivity contribution is 6.31. The van der Waals surface area contributed by atoms with Crippen molar-refractivity contribution < 1.29 is 4.79 Å². The van der Waals surface area contributed by atoms with Gasteiger partial charge in [0, 0.05) is 16.9 Å². The Kier molecular flexibility index (Phi) is 3.88. The second-order valence-corrected chi connectivity index (χ2v) is 5.44. The van der Waals surface area contributed by atoms with Crippen LogP contribution in [-0.4, -0.2) is 5.78 Å². The quantitative estimate of drug-likeness (QED) is 0.773. The highest BCUT2D eigenvalue weighted by Crippen LogP contribution is 2.42. The van der Waals surface area contributed by atoms with Crippen molar-refractivity contribution in [3.63, 3.8) is 0 Å². The lowest BCUT2D eigenvalue weighted by Crippen LogP contribution is -2.28. The van der Waals surface area contributed by atoms with Crippen LogP contribution in [0.2, 0.25) is 5.02 Å². The Morgan fingerprint density at radius 2 is 1.94 bits per heavy atom. The van der Waals surface area contributed by atoms with Crippen molar-refractivity contribution in [3.05, 3.63) is 34.9 Å². The van der Waals surface area contributed by atoms with Crippen LogP contribution >= 0.6 is 11.6 Å². The van der Waals surface area contributed by atoms with E-state index in [1.165, 1.54) is 12.8 Å². The van der Waals surface area contributed by atoms with Gasteiger partial charge in [0.15, 0.2) is 0 Å². The predicted octanol–water partition coefficient (Wildman–Crippen LogP) is 4.42. The summed E-state index contributed by atoms with van der Waals surface area (Å²) in [5, 5.41) is 0.713. The van der Waals surface area contributed by atoms with Crippen molar-refractivity contribution in [2.24, 2.45) is 5.41 Å². The molecule has 0 aliphatic heterocycles. The Balaban J connectivity index is 2.14. The van der Waals surface area contributed by atoms with Crippen molar-refractivity contribution in [3.8, 4) is 0 Å². The lowest BCUT2D eigenvalue weighted by atomic mass is 9.77.